The third-order valence-electron chi connectivity index (χ3n) is 3.15. The Morgan fingerprint density at radius 3 is 1.74 bits per heavy atom. The zero-order valence-corrected chi connectivity index (χ0v) is 14.2. The van der Waals surface area contributed by atoms with Gasteiger partial charge >= 0.3 is 0 Å². The van der Waals surface area contributed by atoms with E-state index in [4.69, 9.17) is 14.2 Å². The van der Waals surface area contributed by atoms with Gasteiger partial charge in [-0.25, -0.2) is 0 Å². The number of ketones is 1. The number of hydrogen-bond donors (Lipinski definition) is 0. The van der Waals surface area contributed by atoms with Gasteiger partial charge in [0.05, 0.1) is 14.2 Å². The molecule has 4 heteroatoms. The molecule has 0 N–H and O–H groups in total. The zero-order valence-electron chi connectivity index (χ0n) is 14.2. The highest BCUT2D eigenvalue weighted by Crippen LogP contribution is 2.25. The minimum absolute atomic E-state index is 0.0930. The van der Waals surface area contributed by atoms with Gasteiger partial charge in [0.1, 0.15) is 22.8 Å². The largest absolute Gasteiger partial charge is 0.497 e. The summed E-state index contributed by atoms with van der Waals surface area (Å²) in [6.07, 6.45) is 0. The normalized spacial score (nSPS) is 11.0. The highest BCUT2D eigenvalue weighted by Gasteiger charge is 2.14. The van der Waals surface area contributed by atoms with Gasteiger partial charge in [-0.05, 0) is 57.2 Å². The van der Waals surface area contributed by atoms with Crippen LogP contribution >= 0.6 is 0 Å². The molecule has 0 fully saturated rings. The first-order valence-corrected chi connectivity index (χ1v) is 7.39. The summed E-state index contributed by atoms with van der Waals surface area (Å²) < 4.78 is 16.2. The Labute approximate surface area is 137 Å². The number of rotatable bonds is 5. The zero-order chi connectivity index (χ0) is 17.0. The number of carbonyl (C=O) groups is 1. The second-order valence-electron chi connectivity index (χ2n) is 6.17. The SMILES string of the molecule is COc1cc(OC)cc(C(=O)c2ccc(OC(C)(C)C)cc2)c1. The minimum Gasteiger partial charge on any atom is -0.497 e. The van der Waals surface area contributed by atoms with E-state index in [0.717, 1.165) is 5.75 Å². The summed E-state index contributed by atoms with van der Waals surface area (Å²) in [5.74, 6) is 1.81. The molecule has 0 amide bonds. The van der Waals surface area contributed by atoms with Crippen LogP contribution in [0.2, 0.25) is 0 Å². The van der Waals surface area contributed by atoms with E-state index < -0.39 is 0 Å². The van der Waals surface area contributed by atoms with E-state index in [1.807, 2.05) is 20.8 Å². The van der Waals surface area contributed by atoms with Crippen LogP contribution in [0.5, 0.6) is 17.2 Å². The van der Waals surface area contributed by atoms with E-state index in [1.165, 1.54) is 0 Å². The summed E-state index contributed by atoms with van der Waals surface area (Å²) in [7, 11) is 3.11. The van der Waals surface area contributed by atoms with E-state index in [-0.39, 0.29) is 11.4 Å². The smallest absolute Gasteiger partial charge is 0.193 e. The molecule has 0 spiro atoms. The lowest BCUT2D eigenvalue weighted by Crippen LogP contribution is -2.22. The standard InChI is InChI=1S/C19H22O4/c1-19(2,3)23-15-8-6-13(7-9-15)18(20)14-10-16(21-4)12-17(11-14)22-5/h6-12H,1-5H3. The number of carbonyl (C=O) groups excluding carboxylic acids is 1. The fraction of sp³-hybridized carbons (Fsp3) is 0.316. The molecule has 2 aromatic rings. The summed E-state index contributed by atoms with van der Waals surface area (Å²) in [5, 5.41) is 0. The lowest BCUT2D eigenvalue weighted by atomic mass is 10.0. The maximum absolute atomic E-state index is 12.6. The number of methoxy groups -OCH3 is 2. The molecule has 4 nitrogen and oxygen atoms in total. The van der Waals surface area contributed by atoms with Gasteiger partial charge in [0, 0.05) is 17.2 Å². The second-order valence-corrected chi connectivity index (χ2v) is 6.17. The maximum atomic E-state index is 12.6. The molecule has 0 heterocycles. The summed E-state index contributed by atoms with van der Waals surface area (Å²) in [5.41, 5.74) is 0.832. The molecule has 0 radical (unpaired) electrons. The molecule has 0 bridgehead atoms. The first-order valence-electron chi connectivity index (χ1n) is 7.39. The average molecular weight is 314 g/mol. The van der Waals surface area contributed by atoms with Crippen LogP contribution < -0.4 is 14.2 Å². The summed E-state index contributed by atoms with van der Waals surface area (Å²) in [6, 6.07) is 12.3. The summed E-state index contributed by atoms with van der Waals surface area (Å²) in [6.45, 7) is 5.94. The van der Waals surface area contributed by atoms with Gasteiger partial charge in [0.25, 0.3) is 0 Å². The van der Waals surface area contributed by atoms with Gasteiger partial charge in [-0.3, -0.25) is 4.79 Å². The Hall–Kier alpha value is -2.49. The molecule has 122 valence electrons. The van der Waals surface area contributed by atoms with Crippen molar-refractivity contribution < 1.29 is 19.0 Å². The molecule has 0 aliphatic heterocycles. The van der Waals surface area contributed by atoms with E-state index in [2.05, 4.69) is 0 Å². The molecule has 2 aromatic carbocycles. The summed E-state index contributed by atoms with van der Waals surface area (Å²) >= 11 is 0. The van der Waals surface area contributed by atoms with Crippen LogP contribution in [-0.2, 0) is 0 Å². The van der Waals surface area contributed by atoms with Crippen LogP contribution in [0.4, 0.5) is 0 Å². The lowest BCUT2D eigenvalue weighted by Gasteiger charge is -2.21. The van der Waals surface area contributed by atoms with Gasteiger partial charge in [0.2, 0.25) is 0 Å². The van der Waals surface area contributed by atoms with Crippen molar-refractivity contribution >= 4 is 5.78 Å². The van der Waals surface area contributed by atoms with E-state index >= 15 is 0 Å². The second kappa shape index (κ2) is 6.73. The summed E-state index contributed by atoms with van der Waals surface area (Å²) in [4.78, 5) is 12.6. The van der Waals surface area contributed by atoms with Crippen molar-refractivity contribution in [3.05, 3.63) is 53.6 Å². The molecule has 23 heavy (non-hydrogen) atoms. The van der Waals surface area contributed by atoms with Crippen LogP contribution in [0.1, 0.15) is 36.7 Å². The maximum Gasteiger partial charge on any atom is 0.193 e. The Morgan fingerprint density at radius 2 is 1.30 bits per heavy atom. The third kappa shape index (κ3) is 4.49. The molecule has 0 saturated heterocycles. The molecule has 0 atom stereocenters. The van der Waals surface area contributed by atoms with Gasteiger partial charge in [0.15, 0.2) is 5.78 Å². The molecule has 0 saturated carbocycles. The molecule has 0 aliphatic carbocycles. The van der Waals surface area contributed by atoms with Gasteiger partial charge < -0.3 is 14.2 Å². The van der Waals surface area contributed by atoms with Crippen molar-refractivity contribution in [1.82, 2.24) is 0 Å². The monoisotopic (exact) mass is 314 g/mol. The Morgan fingerprint density at radius 1 is 0.783 bits per heavy atom. The molecular formula is C19H22O4. The lowest BCUT2D eigenvalue weighted by molar-refractivity contribution is 0.103. The third-order valence-corrected chi connectivity index (χ3v) is 3.15. The number of benzene rings is 2. The first-order chi connectivity index (χ1) is 10.8. The fourth-order valence-electron chi connectivity index (χ4n) is 2.13. The predicted octanol–water partition coefficient (Wildman–Crippen LogP) is 4.11. The van der Waals surface area contributed by atoms with Crippen molar-refractivity contribution in [2.75, 3.05) is 14.2 Å². The molecule has 0 unspecified atom stereocenters. The number of hydrogen-bond acceptors (Lipinski definition) is 4. The van der Waals surface area contributed by atoms with Crippen molar-refractivity contribution in [3.8, 4) is 17.2 Å². The van der Waals surface area contributed by atoms with Crippen LogP contribution in [0.15, 0.2) is 42.5 Å². The molecule has 0 aliphatic rings. The van der Waals surface area contributed by atoms with Crippen LogP contribution in [0.3, 0.4) is 0 Å². The Kier molecular flexibility index (Phi) is 4.94. The number of ether oxygens (including phenoxy) is 3. The Balaban J connectivity index is 2.26. The highest BCUT2D eigenvalue weighted by molar-refractivity contribution is 6.09. The average Bonchev–Trinajstić information content (AvgIpc) is 2.52. The van der Waals surface area contributed by atoms with Gasteiger partial charge in [-0.1, -0.05) is 0 Å². The minimum atomic E-state index is -0.272. The van der Waals surface area contributed by atoms with Crippen LogP contribution in [0.25, 0.3) is 0 Å². The van der Waals surface area contributed by atoms with Crippen molar-refractivity contribution in [2.24, 2.45) is 0 Å². The fourth-order valence-corrected chi connectivity index (χ4v) is 2.13. The van der Waals surface area contributed by atoms with E-state index in [9.17, 15) is 4.79 Å². The van der Waals surface area contributed by atoms with Crippen LogP contribution in [-0.4, -0.2) is 25.6 Å². The predicted molar refractivity (Wildman–Crippen MR) is 89.8 cm³/mol. The van der Waals surface area contributed by atoms with E-state index in [0.29, 0.717) is 22.6 Å². The first kappa shape index (κ1) is 16.9. The molecule has 2 rings (SSSR count). The van der Waals surface area contributed by atoms with E-state index in [1.54, 1.807) is 56.7 Å². The molecule has 0 aromatic heterocycles. The van der Waals surface area contributed by atoms with Crippen molar-refractivity contribution in [1.29, 1.82) is 0 Å². The topological polar surface area (TPSA) is 44.8 Å². The Bertz CT molecular complexity index is 659. The highest BCUT2D eigenvalue weighted by atomic mass is 16.5. The molecular weight excluding hydrogens is 292 g/mol. The van der Waals surface area contributed by atoms with Crippen LogP contribution in [0, 0.1) is 0 Å². The van der Waals surface area contributed by atoms with Crippen molar-refractivity contribution in [2.45, 2.75) is 26.4 Å². The van der Waals surface area contributed by atoms with Crippen molar-refractivity contribution in [3.63, 3.8) is 0 Å². The quantitative estimate of drug-likeness (QED) is 0.779. The van der Waals surface area contributed by atoms with Gasteiger partial charge in [-0.2, -0.15) is 0 Å². The van der Waals surface area contributed by atoms with Gasteiger partial charge in [-0.15, -0.1) is 0 Å².